The van der Waals surface area contributed by atoms with E-state index in [-0.39, 0.29) is 5.96 Å². The zero-order chi connectivity index (χ0) is 9.84. The Labute approximate surface area is 79.6 Å². The van der Waals surface area contributed by atoms with Crippen molar-refractivity contribution in [2.24, 2.45) is 17.6 Å². The van der Waals surface area contributed by atoms with Gasteiger partial charge in [0, 0.05) is 25.6 Å². The minimum Gasteiger partial charge on any atom is -0.381 e. The molecule has 4 nitrogen and oxygen atoms in total. The maximum atomic E-state index is 7.31. The average molecular weight is 185 g/mol. The van der Waals surface area contributed by atoms with Gasteiger partial charge in [0.15, 0.2) is 5.96 Å². The molecule has 0 aliphatic carbocycles. The number of rotatable bonds is 3. The number of hydrogen-bond acceptors (Lipinski definition) is 2. The highest BCUT2D eigenvalue weighted by Crippen LogP contribution is 2.22. The van der Waals surface area contributed by atoms with E-state index in [9.17, 15) is 0 Å². The lowest BCUT2D eigenvalue weighted by Crippen LogP contribution is -2.34. The molecular formula is C9H19N3O. The van der Waals surface area contributed by atoms with Gasteiger partial charge in [-0.3, -0.25) is 5.41 Å². The summed E-state index contributed by atoms with van der Waals surface area (Å²) in [6.07, 6.45) is 0. The van der Waals surface area contributed by atoms with Gasteiger partial charge in [-0.1, -0.05) is 6.92 Å². The number of hydrogen-bond donors (Lipinski definition) is 2. The highest BCUT2D eigenvalue weighted by atomic mass is 16.5. The molecule has 0 bridgehead atoms. The van der Waals surface area contributed by atoms with Crippen molar-refractivity contribution < 1.29 is 4.74 Å². The number of likely N-dealkylation sites (tertiary alicyclic amines) is 1. The summed E-state index contributed by atoms with van der Waals surface area (Å²) >= 11 is 0. The molecule has 0 saturated carbocycles. The fourth-order valence-corrected chi connectivity index (χ4v) is 1.72. The van der Waals surface area contributed by atoms with E-state index in [4.69, 9.17) is 15.9 Å². The SMILES string of the molecule is CCOC[C@@H]1CN(C(=N)N)C[C@@H]1C. The summed E-state index contributed by atoms with van der Waals surface area (Å²) in [5, 5.41) is 7.31. The molecule has 1 aliphatic heterocycles. The van der Waals surface area contributed by atoms with Gasteiger partial charge in [0.2, 0.25) is 0 Å². The predicted molar refractivity (Wildman–Crippen MR) is 52.6 cm³/mol. The monoisotopic (exact) mass is 185 g/mol. The smallest absolute Gasteiger partial charge is 0.188 e. The number of nitrogens with zero attached hydrogens (tertiary/aromatic N) is 1. The second kappa shape index (κ2) is 4.46. The summed E-state index contributed by atoms with van der Waals surface area (Å²) in [6.45, 7) is 7.52. The van der Waals surface area contributed by atoms with Gasteiger partial charge < -0.3 is 15.4 Å². The average Bonchev–Trinajstić information content (AvgIpc) is 2.44. The number of ether oxygens (including phenoxy) is 1. The molecule has 0 spiro atoms. The van der Waals surface area contributed by atoms with Gasteiger partial charge in [-0.05, 0) is 12.8 Å². The molecule has 0 aromatic heterocycles. The predicted octanol–water partition coefficient (Wildman–Crippen LogP) is 0.484. The molecule has 1 fully saturated rings. The van der Waals surface area contributed by atoms with Crippen LogP contribution in [0, 0.1) is 17.2 Å². The Morgan fingerprint density at radius 1 is 1.62 bits per heavy atom. The summed E-state index contributed by atoms with van der Waals surface area (Å²) < 4.78 is 5.38. The maximum Gasteiger partial charge on any atom is 0.188 e. The van der Waals surface area contributed by atoms with Gasteiger partial charge >= 0.3 is 0 Å². The van der Waals surface area contributed by atoms with E-state index in [1.807, 2.05) is 11.8 Å². The summed E-state index contributed by atoms with van der Waals surface area (Å²) in [7, 11) is 0. The van der Waals surface area contributed by atoms with Crippen LogP contribution in [0.1, 0.15) is 13.8 Å². The van der Waals surface area contributed by atoms with E-state index in [0.717, 1.165) is 26.3 Å². The van der Waals surface area contributed by atoms with Crippen molar-refractivity contribution >= 4 is 5.96 Å². The van der Waals surface area contributed by atoms with Crippen LogP contribution in [0.4, 0.5) is 0 Å². The normalized spacial score (nSPS) is 28.0. The Balaban J connectivity index is 2.37. The van der Waals surface area contributed by atoms with Gasteiger partial charge in [0.1, 0.15) is 0 Å². The third-order valence-corrected chi connectivity index (χ3v) is 2.64. The number of guanidine groups is 1. The summed E-state index contributed by atoms with van der Waals surface area (Å²) in [5.41, 5.74) is 5.42. The first kappa shape index (κ1) is 10.3. The fraction of sp³-hybridized carbons (Fsp3) is 0.889. The Kier molecular flexibility index (Phi) is 3.54. The second-order valence-corrected chi connectivity index (χ2v) is 3.69. The van der Waals surface area contributed by atoms with Crippen LogP contribution in [-0.4, -0.2) is 37.2 Å². The molecule has 76 valence electrons. The van der Waals surface area contributed by atoms with E-state index in [0.29, 0.717) is 11.8 Å². The molecule has 0 aromatic rings. The molecule has 1 rings (SSSR count). The van der Waals surface area contributed by atoms with Crippen molar-refractivity contribution in [1.82, 2.24) is 4.90 Å². The zero-order valence-electron chi connectivity index (χ0n) is 8.42. The highest BCUT2D eigenvalue weighted by molar-refractivity contribution is 5.74. The van der Waals surface area contributed by atoms with Crippen LogP contribution in [-0.2, 0) is 4.74 Å². The molecule has 4 heteroatoms. The first-order chi connectivity index (χ1) is 6.15. The van der Waals surface area contributed by atoms with Crippen LogP contribution in [0.2, 0.25) is 0 Å². The van der Waals surface area contributed by atoms with Gasteiger partial charge in [0.25, 0.3) is 0 Å². The third-order valence-electron chi connectivity index (χ3n) is 2.64. The molecule has 3 N–H and O–H groups in total. The van der Waals surface area contributed by atoms with E-state index < -0.39 is 0 Å². The lowest BCUT2D eigenvalue weighted by atomic mass is 9.99. The molecule has 1 aliphatic rings. The van der Waals surface area contributed by atoms with Crippen molar-refractivity contribution in [2.75, 3.05) is 26.3 Å². The van der Waals surface area contributed by atoms with Crippen LogP contribution < -0.4 is 5.73 Å². The van der Waals surface area contributed by atoms with Crippen molar-refractivity contribution in [1.29, 1.82) is 5.41 Å². The second-order valence-electron chi connectivity index (χ2n) is 3.69. The molecule has 0 amide bonds. The fourth-order valence-electron chi connectivity index (χ4n) is 1.72. The minimum atomic E-state index is 0.186. The standard InChI is InChI=1S/C9H19N3O/c1-3-13-6-8-5-12(9(10)11)4-7(8)2/h7-8H,3-6H2,1-2H3,(H3,10,11)/t7-,8-/m0/s1. The van der Waals surface area contributed by atoms with Gasteiger partial charge in [-0.2, -0.15) is 0 Å². The van der Waals surface area contributed by atoms with Crippen molar-refractivity contribution in [3.05, 3.63) is 0 Å². The van der Waals surface area contributed by atoms with Gasteiger partial charge in [-0.25, -0.2) is 0 Å². The Morgan fingerprint density at radius 3 is 2.77 bits per heavy atom. The highest BCUT2D eigenvalue weighted by Gasteiger charge is 2.30. The van der Waals surface area contributed by atoms with Crippen LogP contribution >= 0.6 is 0 Å². The molecule has 1 saturated heterocycles. The molecular weight excluding hydrogens is 166 g/mol. The Bertz CT molecular complexity index is 184. The largest absolute Gasteiger partial charge is 0.381 e. The van der Waals surface area contributed by atoms with Crippen molar-refractivity contribution in [3.8, 4) is 0 Å². The zero-order valence-corrected chi connectivity index (χ0v) is 8.42. The number of nitrogens with one attached hydrogen (secondary N) is 1. The lowest BCUT2D eigenvalue weighted by Gasteiger charge is -2.15. The van der Waals surface area contributed by atoms with E-state index >= 15 is 0 Å². The number of nitrogens with two attached hydrogens (primary N) is 1. The van der Waals surface area contributed by atoms with E-state index in [1.54, 1.807) is 0 Å². The topological polar surface area (TPSA) is 62.3 Å². The first-order valence-electron chi connectivity index (χ1n) is 4.81. The summed E-state index contributed by atoms with van der Waals surface area (Å²) in [4.78, 5) is 1.91. The van der Waals surface area contributed by atoms with E-state index in [1.165, 1.54) is 0 Å². The van der Waals surface area contributed by atoms with Crippen molar-refractivity contribution in [2.45, 2.75) is 13.8 Å². The van der Waals surface area contributed by atoms with Crippen LogP contribution in [0.5, 0.6) is 0 Å². The molecule has 0 aromatic carbocycles. The lowest BCUT2D eigenvalue weighted by molar-refractivity contribution is 0.103. The first-order valence-corrected chi connectivity index (χ1v) is 4.81. The van der Waals surface area contributed by atoms with Gasteiger partial charge in [0.05, 0.1) is 6.61 Å². The maximum absolute atomic E-state index is 7.31. The van der Waals surface area contributed by atoms with Crippen LogP contribution in [0.3, 0.4) is 0 Å². The van der Waals surface area contributed by atoms with E-state index in [2.05, 4.69) is 6.92 Å². The van der Waals surface area contributed by atoms with Crippen LogP contribution in [0.15, 0.2) is 0 Å². The quantitative estimate of drug-likeness (QED) is 0.496. The molecule has 1 heterocycles. The Morgan fingerprint density at radius 2 is 2.31 bits per heavy atom. The van der Waals surface area contributed by atoms with Gasteiger partial charge in [-0.15, -0.1) is 0 Å². The molecule has 2 atom stereocenters. The van der Waals surface area contributed by atoms with Crippen molar-refractivity contribution in [3.63, 3.8) is 0 Å². The molecule has 13 heavy (non-hydrogen) atoms. The molecule has 0 radical (unpaired) electrons. The summed E-state index contributed by atoms with van der Waals surface area (Å²) in [6, 6.07) is 0. The Hall–Kier alpha value is -0.770. The minimum absolute atomic E-state index is 0.186. The third kappa shape index (κ3) is 2.59. The van der Waals surface area contributed by atoms with Crippen LogP contribution in [0.25, 0.3) is 0 Å². The summed E-state index contributed by atoms with van der Waals surface area (Å²) in [5.74, 6) is 1.30. The molecule has 0 unspecified atom stereocenters.